The number of hydrogen-bond donors (Lipinski definition) is 0. The summed E-state index contributed by atoms with van der Waals surface area (Å²) < 4.78 is 5.75. The summed E-state index contributed by atoms with van der Waals surface area (Å²) >= 11 is 0. The number of piperazine rings is 1. The Morgan fingerprint density at radius 2 is 1.83 bits per heavy atom. The van der Waals surface area contributed by atoms with Gasteiger partial charge in [-0.1, -0.05) is 18.2 Å². The lowest BCUT2D eigenvalue weighted by Crippen LogP contribution is -2.48. The summed E-state index contributed by atoms with van der Waals surface area (Å²) in [6.07, 6.45) is 2.15. The third-order valence-corrected chi connectivity index (χ3v) is 4.46. The molecule has 1 aliphatic heterocycles. The van der Waals surface area contributed by atoms with Crippen LogP contribution in [0.15, 0.2) is 34.7 Å². The third kappa shape index (κ3) is 3.27. The van der Waals surface area contributed by atoms with Crippen molar-refractivity contribution in [2.45, 2.75) is 19.4 Å². The first-order valence-corrected chi connectivity index (χ1v) is 8.18. The van der Waals surface area contributed by atoms with Gasteiger partial charge < -0.3 is 9.32 Å². The average Bonchev–Trinajstić information content (AvgIpc) is 3.35. The molecule has 6 heteroatoms. The molecule has 2 fully saturated rings. The van der Waals surface area contributed by atoms with E-state index < -0.39 is 0 Å². The maximum absolute atomic E-state index is 12.1. The zero-order valence-corrected chi connectivity index (χ0v) is 13.0. The van der Waals surface area contributed by atoms with Gasteiger partial charge in [0.15, 0.2) is 0 Å². The minimum Gasteiger partial charge on any atom is -0.419 e. The molecule has 0 spiro atoms. The van der Waals surface area contributed by atoms with Crippen molar-refractivity contribution in [3.8, 4) is 11.5 Å². The monoisotopic (exact) mass is 312 g/mol. The SMILES string of the molecule is O=C(C1CC1)N1CCN(Cc2nnc(-c3ccccc3)o2)CC1. The first-order valence-electron chi connectivity index (χ1n) is 8.18. The van der Waals surface area contributed by atoms with Crippen LogP contribution in [0.3, 0.4) is 0 Å². The highest BCUT2D eigenvalue weighted by Crippen LogP contribution is 2.31. The molecule has 0 atom stereocenters. The topological polar surface area (TPSA) is 62.5 Å². The molecular weight excluding hydrogens is 292 g/mol. The summed E-state index contributed by atoms with van der Waals surface area (Å²) in [6, 6.07) is 9.78. The molecule has 1 saturated carbocycles. The molecule has 120 valence electrons. The largest absolute Gasteiger partial charge is 0.419 e. The molecule has 0 bridgehead atoms. The number of carbonyl (C=O) groups excluding carboxylic acids is 1. The predicted molar refractivity (Wildman–Crippen MR) is 84.3 cm³/mol. The number of nitrogens with zero attached hydrogens (tertiary/aromatic N) is 4. The minimum atomic E-state index is 0.311. The van der Waals surface area contributed by atoms with Crippen molar-refractivity contribution < 1.29 is 9.21 Å². The molecule has 1 saturated heterocycles. The van der Waals surface area contributed by atoms with Crippen LogP contribution in [-0.2, 0) is 11.3 Å². The average molecular weight is 312 g/mol. The predicted octanol–water partition coefficient (Wildman–Crippen LogP) is 1.79. The first kappa shape index (κ1) is 14.4. The fraction of sp³-hybridized carbons (Fsp3) is 0.471. The molecule has 2 aromatic rings. The van der Waals surface area contributed by atoms with E-state index in [1.807, 2.05) is 35.2 Å². The number of benzene rings is 1. The van der Waals surface area contributed by atoms with Gasteiger partial charge >= 0.3 is 0 Å². The van der Waals surface area contributed by atoms with Crippen LogP contribution in [0.4, 0.5) is 0 Å². The van der Waals surface area contributed by atoms with Gasteiger partial charge in [-0.25, -0.2) is 0 Å². The van der Waals surface area contributed by atoms with Gasteiger partial charge in [0, 0.05) is 37.7 Å². The number of aromatic nitrogens is 2. The van der Waals surface area contributed by atoms with Crippen molar-refractivity contribution in [3.63, 3.8) is 0 Å². The maximum atomic E-state index is 12.1. The minimum absolute atomic E-state index is 0.311. The van der Waals surface area contributed by atoms with Crippen molar-refractivity contribution in [1.29, 1.82) is 0 Å². The zero-order valence-electron chi connectivity index (χ0n) is 13.0. The second-order valence-electron chi connectivity index (χ2n) is 6.24. The molecule has 23 heavy (non-hydrogen) atoms. The van der Waals surface area contributed by atoms with E-state index in [1.54, 1.807) is 0 Å². The Labute approximate surface area is 135 Å². The summed E-state index contributed by atoms with van der Waals surface area (Å²) in [5.41, 5.74) is 0.936. The van der Waals surface area contributed by atoms with Gasteiger partial charge in [0.1, 0.15) is 0 Å². The van der Waals surface area contributed by atoms with Crippen LogP contribution in [-0.4, -0.2) is 52.1 Å². The molecule has 1 aromatic heterocycles. The van der Waals surface area contributed by atoms with E-state index in [2.05, 4.69) is 15.1 Å². The van der Waals surface area contributed by atoms with Gasteiger partial charge in [-0.2, -0.15) is 0 Å². The van der Waals surface area contributed by atoms with Gasteiger partial charge in [-0.15, -0.1) is 10.2 Å². The molecule has 0 N–H and O–H groups in total. The fourth-order valence-corrected chi connectivity index (χ4v) is 2.92. The maximum Gasteiger partial charge on any atom is 0.247 e. The lowest BCUT2D eigenvalue weighted by Gasteiger charge is -2.34. The van der Waals surface area contributed by atoms with E-state index in [0.717, 1.165) is 44.6 Å². The molecule has 0 radical (unpaired) electrons. The molecule has 1 aromatic carbocycles. The van der Waals surface area contributed by atoms with Gasteiger partial charge in [0.2, 0.25) is 17.7 Å². The van der Waals surface area contributed by atoms with Gasteiger partial charge in [0.05, 0.1) is 6.54 Å². The molecule has 6 nitrogen and oxygen atoms in total. The Morgan fingerprint density at radius 3 is 2.52 bits per heavy atom. The highest BCUT2D eigenvalue weighted by atomic mass is 16.4. The fourth-order valence-electron chi connectivity index (χ4n) is 2.92. The Hall–Kier alpha value is -2.21. The zero-order chi connectivity index (χ0) is 15.6. The number of carbonyl (C=O) groups is 1. The highest BCUT2D eigenvalue weighted by Gasteiger charge is 2.34. The van der Waals surface area contributed by atoms with E-state index >= 15 is 0 Å². The van der Waals surface area contributed by atoms with E-state index in [4.69, 9.17) is 4.42 Å². The summed E-state index contributed by atoms with van der Waals surface area (Å²) in [7, 11) is 0. The number of amides is 1. The van der Waals surface area contributed by atoms with Crippen molar-refractivity contribution >= 4 is 5.91 Å². The second-order valence-corrected chi connectivity index (χ2v) is 6.24. The van der Waals surface area contributed by atoms with Crippen molar-refractivity contribution in [1.82, 2.24) is 20.0 Å². The van der Waals surface area contributed by atoms with Crippen LogP contribution >= 0.6 is 0 Å². The highest BCUT2D eigenvalue weighted by molar-refractivity contribution is 5.81. The second kappa shape index (κ2) is 6.12. The Kier molecular flexibility index (Phi) is 3.83. The van der Waals surface area contributed by atoms with E-state index in [9.17, 15) is 4.79 Å². The van der Waals surface area contributed by atoms with Crippen LogP contribution in [0.5, 0.6) is 0 Å². The molecule has 0 unspecified atom stereocenters. The molecular formula is C17H20N4O2. The molecule has 1 aliphatic carbocycles. The Bertz CT molecular complexity index is 673. The van der Waals surface area contributed by atoms with Crippen LogP contribution in [0.25, 0.3) is 11.5 Å². The standard InChI is InChI=1S/C17H20N4O2/c22-17(14-6-7-14)21-10-8-20(9-11-21)12-15-18-19-16(23-15)13-4-2-1-3-5-13/h1-5,14H,6-12H2. The van der Waals surface area contributed by atoms with Crippen LogP contribution in [0, 0.1) is 5.92 Å². The first-order chi connectivity index (χ1) is 11.3. The molecule has 2 aliphatic rings. The van der Waals surface area contributed by atoms with Crippen LogP contribution < -0.4 is 0 Å². The molecule has 1 amide bonds. The summed E-state index contributed by atoms with van der Waals surface area (Å²) in [5.74, 6) is 1.84. The van der Waals surface area contributed by atoms with Crippen LogP contribution in [0.1, 0.15) is 18.7 Å². The molecule has 2 heterocycles. The van der Waals surface area contributed by atoms with E-state index in [1.165, 1.54) is 0 Å². The van der Waals surface area contributed by atoms with Gasteiger partial charge in [-0.05, 0) is 25.0 Å². The third-order valence-electron chi connectivity index (χ3n) is 4.46. The van der Waals surface area contributed by atoms with E-state index in [0.29, 0.717) is 30.2 Å². The van der Waals surface area contributed by atoms with E-state index in [-0.39, 0.29) is 0 Å². The summed E-state index contributed by atoms with van der Waals surface area (Å²) in [4.78, 5) is 16.3. The molecule has 4 rings (SSSR count). The normalized spacial score (nSPS) is 19.0. The Balaban J connectivity index is 1.33. The Morgan fingerprint density at radius 1 is 1.09 bits per heavy atom. The van der Waals surface area contributed by atoms with Crippen molar-refractivity contribution in [2.24, 2.45) is 5.92 Å². The lowest BCUT2D eigenvalue weighted by molar-refractivity contribution is -0.134. The van der Waals surface area contributed by atoms with Crippen molar-refractivity contribution in [3.05, 3.63) is 36.2 Å². The smallest absolute Gasteiger partial charge is 0.247 e. The summed E-state index contributed by atoms with van der Waals surface area (Å²) in [6.45, 7) is 3.97. The van der Waals surface area contributed by atoms with Gasteiger partial charge in [0.25, 0.3) is 0 Å². The summed E-state index contributed by atoms with van der Waals surface area (Å²) in [5, 5.41) is 8.26. The number of hydrogen-bond acceptors (Lipinski definition) is 5. The number of rotatable bonds is 4. The van der Waals surface area contributed by atoms with Gasteiger partial charge in [-0.3, -0.25) is 9.69 Å². The van der Waals surface area contributed by atoms with Crippen LogP contribution in [0.2, 0.25) is 0 Å². The van der Waals surface area contributed by atoms with Crippen molar-refractivity contribution in [2.75, 3.05) is 26.2 Å². The quantitative estimate of drug-likeness (QED) is 0.861. The lowest BCUT2D eigenvalue weighted by atomic mass is 10.2.